The SMILES string of the molecule is CC(N)(Cc1cncc(Br)c1)C(=O)O. The second kappa shape index (κ2) is 4.06. The van der Waals surface area contributed by atoms with Crippen molar-refractivity contribution in [3.8, 4) is 0 Å². The molecule has 76 valence electrons. The van der Waals surface area contributed by atoms with Gasteiger partial charge in [0, 0.05) is 23.3 Å². The van der Waals surface area contributed by atoms with E-state index in [0.717, 1.165) is 10.0 Å². The van der Waals surface area contributed by atoms with Crippen molar-refractivity contribution in [2.24, 2.45) is 5.73 Å². The number of aliphatic carboxylic acids is 1. The minimum Gasteiger partial charge on any atom is -0.480 e. The van der Waals surface area contributed by atoms with Crippen LogP contribution < -0.4 is 5.73 Å². The van der Waals surface area contributed by atoms with E-state index < -0.39 is 11.5 Å². The molecule has 0 bridgehead atoms. The minimum atomic E-state index is -1.25. The number of hydrogen-bond acceptors (Lipinski definition) is 3. The van der Waals surface area contributed by atoms with Gasteiger partial charge in [0.05, 0.1) is 0 Å². The summed E-state index contributed by atoms with van der Waals surface area (Å²) in [6, 6.07) is 1.81. The maximum Gasteiger partial charge on any atom is 0.323 e. The molecule has 0 saturated carbocycles. The molecule has 5 heteroatoms. The van der Waals surface area contributed by atoms with Gasteiger partial charge in [0.2, 0.25) is 0 Å². The van der Waals surface area contributed by atoms with Crippen molar-refractivity contribution in [2.75, 3.05) is 0 Å². The van der Waals surface area contributed by atoms with Gasteiger partial charge in [-0.1, -0.05) is 0 Å². The van der Waals surface area contributed by atoms with E-state index in [9.17, 15) is 4.79 Å². The number of carbonyl (C=O) groups is 1. The van der Waals surface area contributed by atoms with Crippen molar-refractivity contribution in [3.05, 3.63) is 28.5 Å². The third kappa shape index (κ3) is 2.78. The van der Waals surface area contributed by atoms with Crippen LogP contribution in [0.4, 0.5) is 0 Å². The van der Waals surface area contributed by atoms with Crippen LogP contribution in [0, 0.1) is 0 Å². The molecule has 1 rings (SSSR count). The first-order valence-electron chi connectivity index (χ1n) is 4.03. The fraction of sp³-hybridized carbons (Fsp3) is 0.333. The number of carboxylic acid groups (broad SMARTS) is 1. The number of carboxylic acids is 1. The lowest BCUT2D eigenvalue weighted by atomic mass is 9.95. The van der Waals surface area contributed by atoms with Crippen LogP contribution in [0.1, 0.15) is 12.5 Å². The molecule has 0 spiro atoms. The lowest BCUT2D eigenvalue weighted by Gasteiger charge is -2.18. The van der Waals surface area contributed by atoms with Gasteiger partial charge in [-0.2, -0.15) is 0 Å². The van der Waals surface area contributed by atoms with Gasteiger partial charge in [0.1, 0.15) is 5.54 Å². The van der Waals surface area contributed by atoms with E-state index in [0.29, 0.717) is 0 Å². The van der Waals surface area contributed by atoms with E-state index in [1.165, 1.54) is 6.92 Å². The maximum absolute atomic E-state index is 10.8. The standard InChI is InChI=1S/C9H11BrN2O2/c1-9(11,8(13)14)3-6-2-7(10)5-12-4-6/h2,4-5H,3,11H2,1H3,(H,13,14). The van der Waals surface area contributed by atoms with Crippen molar-refractivity contribution in [2.45, 2.75) is 18.9 Å². The van der Waals surface area contributed by atoms with Crippen LogP contribution >= 0.6 is 15.9 Å². The van der Waals surface area contributed by atoms with Gasteiger partial charge < -0.3 is 10.8 Å². The summed E-state index contributed by atoms with van der Waals surface area (Å²) in [5.74, 6) is -1.02. The first-order chi connectivity index (χ1) is 6.42. The molecule has 14 heavy (non-hydrogen) atoms. The van der Waals surface area contributed by atoms with Gasteiger partial charge in [-0.3, -0.25) is 9.78 Å². The molecule has 1 atom stereocenters. The molecule has 1 aromatic heterocycles. The number of pyridine rings is 1. The summed E-state index contributed by atoms with van der Waals surface area (Å²) in [6.45, 7) is 1.48. The summed E-state index contributed by atoms with van der Waals surface area (Å²) in [6.07, 6.45) is 3.51. The summed E-state index contributed by atoms with van der Waals surface area (Å²) in [5, 5.41) is 8.81. The maximum atomic E-state index is 10.8. The molecule has 3 N–H and O–H groups in total. The Kier molecular flexibility index (Phi) is 3.23. The number of nitrogens with two attached hydrogens (primary N) is 1. The van der Waals surface area contributed by atoms with Crippen molar-refractivity contribution in [3.63, 3.8) is 0 Å². The van der Waals surface area contributed by atoms with E-state index >= 15 is 0 Å². The van der Waals surface area contributed by atoms with E-state index in [4.69, 9.17) is 10.8 Å². The van der Waals surface area contributed by atoms with Gasteiger partial charge in [-0.25, -0.2) is 0 Å². The number of rotatable bonds is 3. The molecule has 1 unspecified atom stereocenters. The molecule has 0 fully saturated rings. The van der Waals surface area contributed by atoms with Gasteiger partial charge in [0.25, 0.3) is 0 Å². The fourth-order valence-electron chi connectivity index (χ4n) is 1.05. The second-order valence-electron chi connectivity index (χ2n) is 3.41. The van der Waals surface area contributed by atoms with Gasteiger partial charge in [0.15, 0.2) is 0 Å². The minimum absolute atomic E-state index is 0.259. The van der Waals surface area contributed by atoms with Crippen LogP contribution in [0.3, 0.4) is 0 Å². The molecule has 0 saturated heterocycles. The molecule has 1 aromatic rings. The third-order valence-electron chi connectivity index (χ3n) is 1.82. The highest BCUT2D eigenvalue weighted by Crippen LogP contribution is 2.14. The summed E-state index contributed by atoms with van der Waals surface area (Å²) < 4.78 is 0.816. The molecule has 0 amide bonds. The molecular formula is C9H11BrN2O2. The molecule has 0 aliphatic carbocycles. The Bertz CT molecular complexity index is 352. The van der Waals surface area contributed by atoms with Crippen LogP contribution in [-0.4, -0.2) is 21.6 Å². The van der Waals surface area contributed by atoms with E-state index in [-0.39, 0.29) is 6.42 Å². The normalized spacial score (nSPS) is 14.8. The lowest BCUT2D eigenvalue weighted by Crippen LogP contribution is -2.46. The largest absolute Gasteiger partial charge is 0.480 e. The average molecular weight is 259 g/mol. The molecule has 0 aliphatic heterocycles. The monoisotopic (exact) mass is 258 g/mol. The zero-order valence-corrected chi connectivity index (χ0v) is 9.28. The predicted molar refractivity (Wildman–Crippen MR) is 55.9 cm³/mol. The zero-order chi connectivity index (χ0) is 10.8. The highest BCUT2D eigenvalue weighted by molar-refractivity contribution is 9.10. The number of hydrogen-bond donors (Lipinski definition) is 2. The Morgan fingerprint density at radius 3 is 2.86 bits per heavy atom. The van der Waals surface area contributed by atoms with Crippen molar-refractivity contribution >= 4 is 21.9 Å². The van der Waals surface area contributed by atoms with Gasteiger partial charge in [-0.05, 0) is 34.5 Å². The highest BCUT2D eigenvalue weighted by atomic mass is 79.9. The Labute approximate surface area is 90.3 Å². The van der Waals surface area contributed by atoms with Gasteiger partial charge >= 0.3 is 5.97 Å². The quantitative estimate of drug-likeness (QED) is 0.854. The van der Waals surface area contributed by atoms with Crippen LogP contribution in [0.15, 0.2) is 22.9 Å². The molecule has 1 heterocycles. The first-order valence-corrected chi connectivity index (χ1v) is 4.83. The second-order valence-corrected chi connectivity index (χ2v) is 4.33. The van der Waals surface area contributed by atoms with Crippen LogP contribution in [0.5, 0.6) is 0 Å². The zero-order valence-electron chi connectivity index (χ0n) is 7.70. The molecule has 4 nitrogen and oxygen atoms in total. The first kappa shape index (κ1) is 11.1. The fourth-order valence-corrected chi connectivity index (χ4v) is 1.46. The van der Waals surface area contributed by atoms with E-state index in [2.05, 4.69) is 20.9 Å². The van der Waals surface area contributed by atoms with Crippen LogP contribution in [0.25, 0.3) is 0 Å². The molecule has 0 aliphatic rings. The van der Waals surface area contributed by atoms with Crippen LogP contribution in [0.2, 0.25) is 0 Å². The molecule has 0 radical (unpaired) electrons. The van der Waals surface area contributed by atoms with E-state index in [1.807, 2.05) is 0 Å². The Hall–Kier alpha value is -0.940. The van der Waals surface area contributed by atoms with Crippen molar-refractivity contribution < 1.29 is 9.90 Å². The number of halogens is 1. The Morgan fingerprint density at radius 1 is 1.71 bits per heavy atom. The van der Waals surface area contributed by atoms with Crippen LogP contribution in [-0.2, 0) is 11.2 Å². The number of nitrogens with zero attached hydrogens (tertiary/aromatic N) is 1. The van der Waals surface area contributed by atoms with Crippen molar-refractivity contribution in [1.29, 1.82) is 0 Å². The van der Waals surface area contributed by atoms with Gasteiger partial charge in [-0.15, -0.1) is 0 Å². The Morgan fingerprint density at radius 2 is 2.36 bits per heavy atom. The molecular weight excluding hydrogens is 248 g/mol. The predicted octanol–water partition coefficient (Wildman–Crippen LogP) is 1.19. The average Bonchev–Trinajstić information content (AvgIpc) is 2.02. The third-order valence-corrected chi connectivity index (χ3v) is 2.26. The topological polar surface area (TPSA) is 76.2 Å². The summed E-state index contributed by atoms with van der Waals surface area (Å²) in [5.41, 5.74) is 5.15. The summed E-state index contributed by atoms with van der Waals surface area (Å²) in [4.78, 5) is 14.7. The highest BCUT2D eigenvalue weighted by Gasteiger charge is 2.28. The van der Waals surface area contributed by atoms with Crippen molar-refractivity contribution in [1.82, 2.24) is 4.98 Å². The lowest BCUT2D eigenvalue weighted by molar-refractivity contribution is -0.142. The molecule has 0 aromatic carbocycles. The summed E-state index contributed by atoms with van der Waals surface area (Å²) in [7, 11) is 0. The van der Waals surface area contributed by atoms with E-state index in [1.54, 1.807) is 18.5 Å². The number of aromatic nitrogens is 1. The summed E-state index contributed by atoms with van der Waals surface area (Å²) >= 11 is 3.26. The Balaban J connectivity index is 2.83. The smallest absolute Gasteiger partial charge is 0.323 e.